The van der Waals surface area contributed by atoms with Gasteiger partial charge in [0.1, 0.15) is 11.6 Å². The number of rotatable bonds is 4. The summed E-state index contributed by atoms with van der Waals surface area (Å²) in [5, 5.41) is 5.43. The van der Waals surface area contributed by atoms with Crippen LogP contribution in [-0.2, 0) is 13.1 Å². The van der Waals surface area contributed by atoms with Crippen molar-refractivity contribution in [2.45, 2.75) is 20.0 Å². The number of carbonyl (C=O) groups is 1. The summed E-state index contributed by atoms with van der Waals surface area (Å²) in [6, 6.07) is 13.1. The first-order valence-electron chi connectivity index (χ1n) is 7.42. The number of benzene rings is 2. The van der Waals surface area contributed by atoms with Crippen LogP contribution in [0, 0.1) is 5.82 Å². The van der Waals surface area contributed by atoms with Gasteiger partial charge in [0.2, 0.25) is 0 Å². The molecule has 2 amide bonds. The number of aryl methyl sites for hydroxylation is 1. The van der Waals surface area contributed by atoms with Crippen molar-refractivity contribution in [1.82, 2.24) is 14.9 Å². The van der Waals surface area contributed by atoms with E-state index in [-0.39, 0.29) is 11.8 Å². The number of anilines is 1. The van der Waals surface area contributed by atoms with E-state index >= 15 is 0 Å². The van der Waals surface area contributed by atoms with Gasteiger partial charge in [-0.25, -0.2) is 14.2 Å². The monoisotopic (exact) mass is 312 g/mol. The summed E-state index contributed by atoms with van der Waals surface area (Å²) in [4.78, 5) is 16.5. The summed E-state index contributed by atoms with van der Waals surface area (Å²) in [6.07, 6.45) is 0. The van der Waals surface area contributed by atoms with E-state index in [9.17, 15) is 9.18 Å². The molecule has 6 heteroatoms. The molecule has 2 N–H and O–H groups in total. The summed E-state index contributed by atoms with van der Waals surface area (Å²) >= 11 is 0. The second-order valence-corrected chi connectivity index (χ2v) is 5.08. The van der Waals surface area contributed by atoms with Gasteiger partial charge in [-0.1, -0.05) is 12.1 Å². The van der Waals surface area contributed by atoms with Gasteiger partial charge in [-0.15, -0.1) is 0 Å². The number of hydrogen-bond donors (Lipinski definition) is 2. The Kier molecular flexibility index (Phi) is 4.23. The molecule has 0 fully saturated rings. The third-order valence-corrected chi connectivity index (χ3v) is 3.56. The summed E-state index contributed by atoms with van der Waals surface area (Å²) in [5.74, 6) is 0.454. The topological polar surface area (TPSA) is 59.0 Å². The lowest BCUT2D eigenvalue weighted by molar-refractivity contribution is 0.251. The Bertz CT molecular complexity index is 826. The molecular formula is C17H17FN4O. The summed E-state index contributed by atoms with van der Waals surface area (Å²) < 4.78 is 14.9. The third kappa shape index (κ3) is 3.31. The lowest BCUT2D eigenvalue weighted by Crippen LogP contribution is -2.29. The van der Waals surface area contributed by atoms with Gasteiger partial charge in [-0.3, -0.25) is 0 Å². The van der Waals surface area contributed by atoms with Crippen molar-refractivity contribution in [2.75, 3.05) is 5.32 Å². The molecule has 0 spiro atoms. The van der Waals surface area contributed by atoms with E-state index in [1.807, 2.05) is 31.2 Å². The molecule has 3 aromatic rings. The quantitative estimate of drug-likeness (QED) is 0.774. The Labute approximate surface area is 133 Å². The second kappa shape index (κ2) is 6.48. The molecule has 0 bridgehead atoms. The SMILES string of the molecule is CCn1c(CNC(=O)Nc2ccc(F)cc2)nc2ccccc21. The largest absolute Gasteiger partial charge is 0.331 e. The predicted molar refractivity (Wildman–Crippen MR) is 87.7 cm³/mol. The number of nitrogens with zero attached hydrogens (tertiary/aromatic N) is 2. The van der Waals surface area contributed by atoms with Crippen LogP contribution in [0.25, 0.3) is 11.0 Å². The molecule has 2 aromatic carbocycles. The standard InChI is InChI=1S/C17H17FN4O/c1-2-22-15-6-4-3-5-14(15)21-16(22)11-19-17(23)20-13-9-7-12(18)8-10-13/h3-10H,2,11H2,1H3,(H2,19,20,23). The molecule has 1 heterocycles. The minimum absolute atomic E-state index is 0.315. The minimum atomic E-state index is -0.355. The van der Waals surface area contributed by atoms with Crippen LogP contribution in [0.3, 0.4) is 0 Å². The highest BCUT2D eigenvalue weighted by molar-refractivity contribution is 5.89. The highest BCUT2D eigenvalue weighted by Gasteiger charge is 2.10. The van der Waals surface area contributed by atoms with E-state index in [2.05, 4.69) is 20.2 Å². The number of imidazole rings is 1. The molecule has 5 nitrogen and oxygen atoms in total. The van der Waals surface area contributed by atoms with Crippen molar-refractivity contribution >= 4 is 22.8 Å². The normalized spacial score (nSPS) is 10.7. The maximum absolute atomic E-state index is 12.8. The van der Waals surface area contributed by atoms with Crippen molar-refractivity contribution in [3.05, 3.63) is 60.2 Å². The summed E-state index contributed by atoms with van der Waals surface area (Å²) in [5.41, 5.74) is 2.49. The first-order chi connectivity index (χ1) is 11.2. The van der Waals surface area contributed by atoms with E-state index in [1.54, 1.807) is 0 Å². The van der Waals surface area contributed by atoms with Crippen LogP contribution in [0.15, 0.2) is 48.5 Å². The van der Waals surface area contributed by atoms with Crippen LogP contribution in [0.4, 0.5) is 14.9 Å². The highest BCUT2D eigenvalue weighted by Crippen LogP contribution is 2.15. The Hall–Kier alpha value is -2.89. The zero-order valence-electron chi connectivity index (χ0n) is 12.7. The van der Waals surface area contributed by atoms with E-state index in [1.165, 1.54) is 24.3 Å². The van der Waals surface area contributed by atoms with E-state index < -0.39 is 0 Å². The van der Waals surface area contributed by atoms with Gasteiger partial charge < -0.3 is 15.2 Å². The first kappa shape index (κ1) is 15.0. The molecule has 0 aliphatic heterocycles. The molecule has 1 aromatic heterocycles. The van der Waals surface area contributed by atoms with Gasteiger partial charge in [0.05, 0.1) is 17.6 Å². The third-order valence-electron chi connectivity index (χ3n) is 3.56. The number of nitrogens with one attached hydrogen (secondary N) is 2. The molecule has 0 saturated carbocycles. The van der Waals surface area contributed by atoms with E-state index in [0.29, 0.717) is 12.2 Å². The fourth-order valence-corrected chi connectivity index (χ4v) is 2.48. The van der Waals surface area contributed by atoms with Crippen molar-refractivity contribution in [1.29, 1.82) is 0 Å². The molecule has 0 aliphatic carbocycles. The van der Waals surface area contributed by atoms with Crippen LogP contribution in [0.1, 0.15) is 12.7 Å². The molecule has 118 valence electrons. The number of urea groups is 1. The molecule has 0 aliphatic rings. The lowest BCUT2D eigenvalue weighted by atomic mass is 10.3. The van der Waals surface area contributed by atoms with Crippen molar-refractivity contribution in [3.8, 4) is 0 Å². The second-order valence-electron chi connectivity index (χ2n) is 5.08. The zero-order valence-corrected chi connectivity index (χ0v) is 12.7. The summed E-state index contributed by atoms with van der Waals surface area (Å²) in [6.45, 7) is 3.13. The van der Waals surface area contributed by atoms with Crippen LogP contribution >= 0.6 is 0 Å². The number of halogens is 1. The maximum atomic E-state index is 12.8. The van der Waals surface area contributed by atoms with Gasteiger partial charge in [0.25, 0.3) is 0 Å². The maximum Gasteiger partial charge on any atom is 0.319 e. The predicted octanol–water partition coefficient (Wildman–Crippen LogP) is 3.52. The number of hydrogen-bond acceptors (Lipinski definition) is 2. The van der Waals surface area contributed by atoms with Gasteiger partial charge in [0.15, 0.2) is 0 Å². The Morgan fingerprint density at radius 3 is 2.65 bits per heavy atom. The lowest BCUT2D eigenvalue weighted by Gasteiger charge is -2.09. The van der Waals surface area contributed by atoms with Crippen molar-refractivity contribution in [3.63, 3.8) is 0 Å². The van der Waals surface area contributed by atoms with Crippen LogP contribution < -0.4 is 10.6 Å². The molecular weight excluding hydrogens is 295 g/mol. The zero-order chi connectivity index (χ0) is 16.2. The average Bonchev–Trinajstić information content (AvgIpc) is 2.92. The molecule has 0 atom stereocenters. The van der Waals surface area contributed by atoms with Crippen molar-refractivity contribution < 1.29 is 9.18 Å². The van der Waals surface area contributed by atoms with Crippen molar-refractivity contribution in [2.24, 2.45) is 0 Å². The Morgan fingerprint density at radius 2 is 1.91 bits per heavy atom. The fourth-order valence-electron chi connectivity index (χ4n) is 2.48. The van der Waals surface area contributed by atoms with Crippen LogP contribution in [0.2, 0.25) is 0 Å². The number of amides is 2. The van der Waals surface area contributed by atoms with Gasteiger partial charge >= 0.3 is 6.03 Å². The average molecular weight is 312 g/mol. The van der Waals surface area contributed by atoms with Crippen LogP contribution in [0.5, 0.6) is 0 Å². The van der Waals surface area contributed by atoms with E-state index in [0.717, 1.165) is 23.4 Å². The smallest absolute Gasteiger partial charge is 0.319 e. The fraction of sp³-hybridized carbons (Fsp3) is 0.176. The van der Waals surface area contributed by atoms with Gasteiger partial charge in [-0.2, -0.15) is 0 Å². The van der Waals surface area contributed by atoms with Gasteiger partial charge in [0, 0.05) is 12.2 Å². The molecule has 3 rings (SSSR count). The molecule has 0 saturated heterocycles. The number of para-hydroxylation sites is 2. The Morgan fingerprint density at radius 1 is 1.17 bits per heavy atom. The highest BCUT2D eigenvalue weighted by atomic mass is 19.1. The number of carbonyl (C=O) groups excluding carboxylic acids is 1. The summed E-state index contributed by atoms with van der Waals surface area (Å²) in [7, 11) is 0. The molecule has 0 radical (unpaired) electrons. The van der Waals surface area contributed by atoms with Crippen LogP contribution in [-0.4, -0.2) is 15.6 Å². The number of aromatic nitrogens is 2. The molecule has 23 heavy (non-hydrogen) atoms. The van der Waals surface area contributed by atoms with Gasteiger partial charge in [-0.05, 0) is 43.3 Å². The number of fused-ring (bicyclic) bond motifs is 1. The Balaban J connectivity index is 1.68. The molecule has 0 unspecified atom stereocenters. The first-order valence-corrected chi connectivity index (χ1v) is 7.42. The van der Waals surface area contributed by atoms with E-state index in [4.69, 9.17) is 0 Å². The minimum Gasteiger partial charge on any atom is -0.331 e.